The highest BCUT2D eigenvalue weighted by molar-refractivity contribution is 6.20. The van der Waals surface area contributed by atoms with Crippen LogP contribution in [0.15, 0.2) is 35.4 Å². The predicted molar refractivity (Wildman–Crippen MR) is 59.6 cm³/mol. The Balaban J connectivity index is 2.08. The number of hydrogen-bond acceptors (Lipinski definition) is 4. The molecular formula is C11H11ClN2O2. The van der Waals surface area contributed by atoms with Gasteiger partial charge in [0.1, 0.15) is 6.33 Å². The zero-order valence-corrected chi connectivity index (χ0v) is 9.52. The molecule has 0 amide bonds. The standard InChI is InChI=1S/C11H11ClN2O2/c1-15-11-5-9(13-7-14-11)4-10(12)8-2-3-16-6-8/h2-3,5-7,10H,4H2,1H3. The van der Waals surface area contributed by atoms with Gasteiger partial charge in [-0.15, -0.1) is 11.6 Å². The van der Waals surface area contributed by atoms with E-state index < -0.39 is 0 Å². The highest BCUT2D eigenvalue weighted by Crippen LogP contribution is 2.25. The molecule has 0 radical (unpaired) electrons. The van der Waals surface area contributed by atoms with E-state index in [1.165, 1.54) is 6.33 Å². The average Bonchev–Trinajstić information content (AvgIpc) is 2.83. The van der Waals surface area contributed by atoms with Crippen molar-refractivity contribution in [3.05, 3.63) is 42.2 Å². The zero-order valence-electron chi connectivity index (χ0n) is 8.76. The molecule has 0 aromatic carbocycles. The SMILES string of the molecule is COc1cc(CC(Cl)c2ccoc2)ncn1. The Hall–Kier alpha value is -1.55. The molecule has 16 heavy (non-hydrogen) atoms. The van der Waals surface area contributed by atoms with Gasteiger partial charge >= 0.3 is 0 Å². The van der Waals surface area contributed by atoms with Gasteiger partial charge in [0, 0.05) is 23.7 Å². The molecule has 0 spiro atoms. The van der Waals surface area contributed by atoms with Crippen LogP contribution in [0.2, 0.25) is 0 Å². The fraction of sp³-hybridized carbons (Fsp3) is 0.273. The van der Waals surface area contributed by atoms with E-state index in [-0.39, 0.29) is 5.38 Å². The molecule has 0 fully saturated rings. The Morgan fingerprint density at radius 3 is 3.06 bits per heavy atom. The van der Waals surface area contributed by atoms with Crippen LogP contribution in [0.4, 0.5) is 0 Å². The van der Waals surface area contributed by atoms with Gasteiger partial charge in [0.05, 0.1) is 25.0 Å². The van der Waals surface area contributed by atoms with E-state index in [1.54, 1.807) is 25.7 Å². The number of methoxy groups -OCH3 is 1. The maximum absolute atomic E-state index is 6.22. The van der Waals surface area contributed by atoms with Crippen LogP contribution in [0, 0.1) is 0 Å². The Morgan fingerprint density at radius 2 is 2.38 bits per heavy atom. The smallest absolute Gasteiger partial charge is 0.216 e. The van der Waals surface area contributed by atoms with Gasteiger partial charge in [0.15, 0.2) is 0 Å². The summed E-state index contributed by atoms with van der Waals surface area (Å²) >= 11 is 6.22. The molecule has 0 N–H and O–H groups in total. The first-order chi connectivity index (χ1) is 7.79. The maximum Gasteiger partial charge on any atom is 0.216 e. The molecule has 0 saturated heterocycles. The molecule has 4 nitrogen and oxygen atoms in total. The maximum atomic E-state index is 6.22. The summed E-state index contributed by atoms with van der Waals surface area (Å²) in [6, 6.07) is 3.62. The lowest BCUT2D eigenvalue weighted by Gasteiger charge is -2.06. The molecule has 1 unspecified atom stereocenters. The van der Waals surface area contributed by atoms with Crippen molar-refractivity contribution in [2.45, 2.75) is 11.8 Å². The van der Waals surface area contributed by atoms with E-state index in [0.717, 1.165) is 11.3 Å². The first-order valence-corrected chi connectivity index (χ1v) is 5.24. The molecule has 1 atom stereocenters. The molecule has 2 rings (SSSR count). The van der Waals surface area contributed by atoms with E-state index in [1.807, 2.05) is 6.07 Å². The monoisotopic (exact) mass is 238 g/mol. The van der Waals surface area contributed by atoms with Crippen LogP contribution in [0.1, 0.15) is 16.6 Å². The number of aromatic nitrogens is 2. The Morgan fingerprint density at radius 1 is 1.50 bits per heavy atom. The lowest BCUT2D eigenvalue weighted by atomic mass is 10.1. The van der Waals surface area contributed by atoms with Crippen LogP contribution in [0.5, 0.6) is 5.88 Å². The Bertz CT molecular complexity index is 445. The fourth-order valence-corrected chi connectivity index (χ4v) is 1.64. The van der Waals surface area contributed by atoms with Gasteiger partial charge < -0.3 is 9.15 Å². The van der Waals surface area contributed by atoms with Crippen molar-refractivity contribution >= 4 is 11.6 Å². The van der Waals surface area contributed by atoms with Gasteiger partial charge in [-0.25, -0.2) is 9.97 Å². The van der Waals surface area contributed by atoms with Crippen molar-refractivity contribution in [3.8, 4) is 5.88 Å². The average molecular weight is 239 g/mol. The lowest BCUT2D eigenvalue weighted by molar-refractivity contribution is 0.396. The number of halogens is 1. The van der Waals surface area contributed by atoms with Gasteiger partial charge in [0.2, 0.25) is 5.88 Å². The summed E-state index contributed by atoms with van der Waals surface area (Å²) < 4.78 is 9.99. The highest BCUT2D eigenvalue weighted by Gasteiger charge is 2.11. The predicted octanol–water partition coefficient (Wildman–Crippen LogP) is 2.60. The summed E-state index contributed by atoms with van der Waals surface area (Å²) in [5.41, 5.74) is 1.78. The van der Waals surface area contributed by atoms with Crippen LogP contribution in [-0.2, 0) is 6.42 Å². The summed E-state index contributed by atoms with van der Waals surface area (Å²) in [5.74, 6) is 0.543. The number of alkyl halides is 1. The number of furan rings is 1. The van der Waals surface area contributed by atoms with Crippen molar-refractivity contribution in [1.29, 1.82) is 0 Å². The molecule has 2 heterocycles. The molecule has 0 aliphatic heterocycles. The molecule has 0 bridgehead atoms. The molecule has 5 heteroatoms. The summed E-state index contributed by atoms with van der Waals surface area (Å²) in [6.07, 6.45) is 5.31. The normalized spacial score (nSPS) is 12.4. The largest absolute Gasteiger partial charge is 0.481 e. The van der Waals surface area contributed by atoms with Crippen molar-refractivity contribution in [3.63, 3.8) is 0 Å². The minimum atomic E-state index is -0.154. The summed E-state index contributed by atoms with van der Waals surface area (Å²) in [7, 11) is 1.57. The van der Waals surface area contributed by atoms with E-state index in [9.17, 15) is 0 Å². The van der Waals surface area contributed by atoms with Gasteiger partial charge in [0.25, 0.3) is 0 Å². The summed E-state index contributed by atoms with van der Waals surface area (Å²) in [6.45, 7) is 0. The van der Waals surface area contributed by atoms with Crippen LogP contribution < -0.4 is 4.74 Å². The van der Waals surface area contributed by atoms with Crippen LogP contribution in [-0.4, -0.2) is 17.1 Å². The second-order valence-corrected chi connectivity index (χ2v) is 3.81. The first-order valence-electron chi connectivity index (χ1n) is 4.80. The minimum Gasteiger partial charge on any atom is -0.481 e. The van der Waals surface area contributed by atoms with Crippen molar-refractivity contribution in [2.75, 3.05) is 7.11 Å². The molecular weight excluding hydrogens is 228 g/mol. The molecule has 0 aliphatic carbocycles. The molecule has 2 aromatic rings. The molecule has 0 aliphatic rings. The van der Waals surface area contributed by atoms with Crippen molar-refractivity contribution in [2.24, 2.45) is 0 Å². The van der Waals surface area contributed by atoms with Crippen LogP contribution >= 0.6 is 11.6 Å². The number of hydrogen-bond donors (Lipinski definition) is 0. The Kier molecular flexibility index (Phi) is 3.41. The second-order valence-electron chi connectivity index (χ2n) is 3.28. The van der Waals surface area contributed by atoms with Crippen LogP contribution in [0.3, 0.4) is 0 Å². The van der Waals surface area contributed by atoms with Gasteiger partial charge in [-0.2, -0.15) is 0 Å². The van der Waals surface area contributed by atoms with E-state index in [0.29, 0.717) is 12.3 Å². The lowest BCUT2D eigenvalue weighted by Crippen LogP contribution is -1.99. The van der Waals surface area contributed by atoms with E-state index in [4.69, 9.17) is 20.8 Å². The molecule has 2 aromatic heterocycles. The van der Waals surface area contributed by atoms with Gasteiger partial charge in [-0.3, -0.25) is 0 Å². The van der Waals surface area contributed by atoms with E-state index >= 15 is 0 Å². The van der Waals surface area contributed by atoms with E-state index in [2.05, 4.69) is 9.97 Å². The number of ether oxygens (including phenoxy) is 1. The zero-order chi connectivity index (χ0) is 11.4. The molecule has 84 valence electrons. The third-order valence-electron chi connectivity index (χ3n) is 2.20. The fourth-order valence-electron chi connectivity index (χ4n) is 1.35. The Labute approximate surface area is 98.2 Å². The highest BCUT2D eigenvalue weighted by atomic mass is 35.5. The summed E-state index contributed by atoms with van der Waals surface area (Å²) in [5, 5.41) is -0.154. The quantitative estimate of drug-likeness (QED) is 0.769. The van der Waals surface area contributed by atoms with Crippen LogP contribution in [0.25, 0.3) is 0 Å². The third-order valence-corrected chi connectivity index (χ3v) is 2.61. The minimum absolute atomic E-state index is 0.154. The first kappa shape index (κ1) is 11.0. The van der Waals surface area contributed by atoms with Gasteiger partial charge in [-0.1, -0.05) is 0 Å². The second kappa shape index (κ2) is 4.99. The molecule has 0 saturated carbocycles. The number of rotatable bonds is 4. The van der Waals surface area contributed by atoms with Crippen molar-refractivity contribution in [1.82, 2.24) is 9.97 Å². The van der Waals surface area contributed by atoms with Gasteiger partial charge in [-0.05, 0) is 6.07 Å². The number of nitrogens with zero attached hydrogens (tertiary/aromatic N) is 2. The topological polar surface area (TPSA) is 48.2 Å². The van der Waals surface area contributed by atoms with Crippen molar-refractivity contribution < 1.29 is 9.15 Å². The summed E-state index contributed by atoms with van der Waals surface area (Å²) in [4.78, 5) is 8.06. The third kappa shape index (κ3) is 2.52.